The molecule has 2 aromatic rings. The van der Waals surface area contributed by atoms with Gasteiger partial charge in [-0.15, -0.1) is 0 Å². The normalized spacial score (nSPS) is 18.0. The van der Waals surface area contributed by atoms with E-state index in [-0.39, 0.29) is 5.91 Å². The van der Waals surface area contributed by atoms with Crippen LogP contribution in [-0.2, 0) is 20.0 Å². The van der Waals surface area contributed by atoms with Gasteiger partial charge in [0.15, 0.2) is 0 Å². The Morgan fingerprint density at radius 3 is 2.88 bits per heavy atom. The maximum Gasteiger partial charge on any atom is 0.253 e. The maximum atomic E-state index is 12.1. The Balaban J connectivity index is 1.57. The molecule has 128 valence electrons. The Morgan fingerprint density at radius 2 is 2.17 bits per heavy atom. The van der Waals surface area contributed by atoms with Gasteiger partial charge in [-0.25, -0.2) is 0 Å². The quantitative estimate of drug-likeness (QED) is 0.846. The van der Waals surface area contributed by atoms with Gasteiger partial charge in [-0.05, 0) is 48.6 Å². The molecule has 5 nitrogen and oxygen atoms in total. The molecule has 1 fully saturated rings. The van der Waals surface area contributed by atoms with Crippen molar-refractivity contribution in [1.29, 1.82) is 0 Å². The number of carbonyl (C=O) groups is 1. The molecule has 1 atom stereocenters. The van der Waals surface area contributed by atoms with Crippen molar-refractivity contribution < 1.29 is 4.79 Å². The van der Waals surface area contributed by atoms with Crippen LogP contribution in [0.15, 0.2) is 36.7 Å². The van der Waals surface area contributed by atoms with Gasteiger partial charge in [-0.1, -0.05) is 12.1 Å². The number of benzene rings is 1. The van der Waals surface area contributed by atoms with E-state index in [1.165, 1.54) is 17.5 Å². The summed E-state index contributed by atoms with van der Waals surface area (Å²) in [6.07, 6.45) is 6.41. The van der Waals surface area contributed by atoms with Gasteiger partial charge in [0.05, 0.1) is 6.20 Å². The molecule has 5 heteroatoms. The number of amides is 1. The second-order valence-corrected chi connectivity index (χ2v) is 7.02. The van der Waals surface area contributed by atoms with E-state index in [0.717, 1.165) is 31.6 Å². The van der Waals surface area contributed by atoms with Crippen molar-refractivity contribution in [2.45, 2.75) is 19.4 Å². The number of nitrogens with zero attached hydrogens (tertiary/aromatic N) is 4. The molecule has 1 aliphatic heterocycles. The molecule has 1 aliphatic rings. The Labute approximate surface area is 143 Å². The second-order valence-electron chi connectivity index (χ2n) is 7.02. The summed E-state index contributed by atoms with van der Waals surface area (Å²) >= 11 is 0. The molecule has 0 saturated carbocycles. The molecule has 1 amide bonds. The van der Waals surface area contributed by atoms with Gasteiger partial charge in [0, 0.05) is 46.0 Å². The zero-order valence-corrected chi connectivity index (χ0v) is 14.8. The zero-order chi connectivity index (χ0) is 17.1. The van der Waals surface area contributed by atoms with Crippen molar-refractivity contribution in [3.63, 3.8) is 0 Å². The topological polar surface area (TPSA) is 41.4 Å². The number of hydrogen-bond acceptors (Lipinski definition) is 3. The van der Waals surface area contributed by atoms with Crippen LogP contribution >= 0.6 is 0 Å². The van der Waals surface area contributed by atoms with Gasteiger partial charge >= 0.3 is 0 Å². The predicted molar refractivity (Wildman–Crippen MR) is 94.8 cm³/mol. The van der Waals surface area contributed by atoms with Crippen LogP contribution in [0.5, 0.6) is 0 Å². The first kappa shape index (κ1) is 16.7. The molecular formula is C19H26N4O. The summed E-state index contributed by atoms with van der Waals surface area (Å²) in [5.41, 5.74) is 3.30. The summed E-state index contributed by atoms with van der Waals surface area (Å²) in [7, 11) is 5.55. The minimum absolute atomic E-state index is 0.0627. The van der Waals surface area contributed by atoms with Crippen LogP contribution in [0.4, 0.5) is 0 Å². The third-order valence-corrected chi connectivity index (χ3v) is 4.64. The van der Waals surface area contributed by atoms with Crippen LogP contribution < -0.4 is 0 Å². The molecule has 1 saturated heterocycles. The molecular weight excluding hydrogens is 300 g/mol. The first-order valence-corrected chi connectivity index (χ1v) is 8.52. The van der Waals surface area contributed by atoms with Crippen molar-refractivity contribution in [1.82, 2.24) is 19.6 Å². The lowest BCUT2D eigenvalue weighted by Gasteiger charge is -2.17. The molecule has 24 heavy (non-hydrogen) atoms. The van der Waals surface area contributed by atoms with Gasteiger partial charge in [0.2, 0.25) is 0 Å². The van der Waals surface area contributed by atoms with E-state index >= 15 is 0 Å². The van der Waals surface area contributed by atoms with Crippen molar-refractivity contribution in [3.05, 3.63) is 53.3 Å². The van der Waals surface area contributed by atoms with Crippen molar-refractivity contribution in [2.75, 3.05) is 27.2 Å². The number of hydrogen-bond donors (Lipinski definition) is 0. The lowest BCUT2D eigenvalue weighted by atomic mass is 10.0. The molecule has 2 heterocycles. The van der Waals surface area contributed by atoms with E-state index in [2.05, 4.69) is 22.3 Å². The van der Waals surface area contributed by atoms with E-state index in [9.17, 15) is 4.79 Å². The van der Waals surface area contributed by atoms with Crippen LogP contribution in [0, 0.1) is 5.92 Å². The summed E-state index contributed by atoms with van der Waals surface area (Å²) in [5, 5.41) is 4.25. The van der Waals surface area contributed by atoms with Gasteiger partial charge in [0.1, 0.15) is 0 Å². The molecule has 0 N–H and O–H groups in total. The molecule has 1 aromatic carbocycles. The van der Waals surface area contributed by atoms with Crippen LogP contribution in [0.2, 0.25) is 0 Å². The van der Waals surface area contributed by atoms with Crippen LogP contribution in [0.1, 0.15) is 27.9 Å². The molecule has 0 bridgehead atoms. The Bertz CT molecular complexity index is 707. The summed E-state index contributed by atoms with van der Waals surface area (Å²) < 4.78 is 1.87. The number of aromatic nitrogens is 2. The Morgan fingerprint density at radius 1 is 1.33 bits per heavy atom. The number of carbonyl (C=O) groups excluding carboxylic acids is 1. The fraction of sp³-hybridized carbons (Fsp3) is 0.474. The van der Waals surface area contributed by atoms with Gasteiger partial charge in [-0.3, -0.25) is 14.4 Å². The molecule has 1 unspecified atom stereocenters. The lowest BCUT2D eigenvalue weighted by molar-refractivity contribution is 0.0827. The average Bonchev–Trinajstić information content (AvgIpc) is 3.16. The fourth-order valence-electron chi connectivity index (χ4n) is 3.45. The van der Waals surface area contributed by atoms with E-state index < -0.39 is 0 Å². The highest BCUT2D eigenvalue weighted by molar-refractivity contribution is 5.94. The Kier molecular flexibility index (Phi) is 5.00. The molecule has 3 rings (SSSR count). The molecule has 0 spiro atoms. The highest BCUT2D eigenvalue weighted by Crippen LogP contribution is 2.22. The van der Waals surface area contributed by atoms with Crippen molar-refractivity contribution >= 4 is 5.91 Å². The third kappa shape index (κ3) is 4.03. The largest absolute Gasteiger partial charge is 0.345 e. The number of likely N-dealkylation sites (tertiary alicyclic amines) is 1. The van der Waals surface area contributed by atoms with Crippen LogP contribution in [0.3, 0.4) is 0 Å². The summed E-state index contributed by atoms with van der Waals surface area (Å²) in [5.74, 6) is 0.758. The lowest BCUT2D eigenvalue weighted by Crippen LogP contribution is -2.23. The molecule has 0 radical (unpaired) electrons. The summed E-state index contributed by atoms with van der Waals surface area (Å²) in [6.45, 7) is 3.15. The SMILES string of the molecule is CN(C)C(=O)c1cccc(CN2CCC(Cc3cnn(C)c3)C2)c1. The monoisotopic (exact) mass is 326 g/mol. The highest BCUT2D eigenvalue weighted by atomic mass is 16.2. The molecule has 1 aromatic heterocycles. The Hall–Kier alpha value is -2.14. The zero-order valence-electron chi connectivity index (χ0n) is 14.8. The maximum absolute atomic E-state index is 12.1. The first-order valence-electron chi connectivity index (χ1n) is 8.52. The number of rotatable bonds is 5. The minimum Gasteiger partial charge on any atom is -0.345 e. The minimum atomic E-state index is 0.0627. The van der Waals surface area contributed by atoms with Gasteiger partial charge in [-0.2, -0.15) is 5.10 Å². The second kappa shape index (κ2) is 7.18. The van der Waals surface area contributed by atoms with Crippen LogP contribution in [-0.4, -0.2) is 52.7 Å². The van der Waals surface area contributed by atoms with Crippen molar-refractivity contribution in [2.24, 2.45) is 13.0 Å². The first-order chi connectivity index (χ1) is 11.5. The summed E-state index contributed by atoms with van der Waals surface area (Å²) in [6, 6.07) is 8.01. The average molecular weight is 326 g/mol. The van der Waals surface area contributed by atoms with Crippen molar-refractivity contribution in [3.8, 4) is 0 Å². The standard InChI is InChI=1S/C19H26N4O/c1-21(2)19(24)18-6-4-5-15(10-18)13-23-8-7-16(14-23)9-17-11-20-22(3)12-17/h4-6,10-12,16H,7-9,13-14H2,1-3H3. The number of aryl methyl sites for hydroxylation is 1. The van der Waals surface area contributed by atoms with E-state index in [4.69, 9.17) is 0 Å². The van der Waals surface area contributed by atoms with E-state index in [1.807, 2.05) is 36.1 Å². The predicted octanol–water partition coefficient (Wildman–Crippen LogP) is 2.19. The smallest absolute Gasteiger partial charge is 0.253 e. The molecule has 0 aliphatic carbocycles. The van der Waals surface area contributed by atoms with E-state index in [1.54, 1.807) is 19.0 Å². The highest BCUT2D eigenvalue weighted by Gasteiger charge is 2.23. The fourth-order valence-corrected chi connectivity index (χ4v) is 3.45. The summed E-state index contributed by atoms with van der Waals surface area (Å²) in [4.78, 5) is 16.2. The third-order valence-electron chi connectivity index (χ3n) is 4.64. The van der Waals surface area contributed by atoms with Gasteiger partial charge in [0.25, 0.3) is 5.91 Å². The van der Waals surface area contributed by atoms with Crippen LogP contribution in [0.25, 0.3) is 0 Å². The van der Waals surface area contributed by atoms with E-state index in [0.29, 0.717) is 5.92 Å². The van der Waals surface area contributed by atoms with Gasteiger partial charge < -0.3 is 4.90 Å².